The van der Waals surface area contributed by atoms with E-state index in [9.17, 15) is 4.79 Å². The molecular formula is C27H38N2O2. The Morgan fingerprint density at radius 2 is 1.90 bits per heavy atom. The molecule has 4 nitrogen and oxygen atoms in total. The number of benzene rings is 1. The monoisotopic (exact) mass is 422 g/mol. The van der Waals surface area contributed by atoms with Gasteiger partial charge in [-0.15, -0.1) is 0 Å². The highest BCUT2D eigenvalue weighted by atomic mass is 16.5. The molecular weight excluding hydrogens is 384 g/mol. The summed E-state index contributed by atoms with van der Waals surface area (Å²) in [6.45, 7) is 7.19. The number of amides is 1. The fourth-order valence-electron chi connectivity index (χ4n) is 8.93. The Balaban J connectivity index is 1.32. The van der Waals surface area contributed by atoms with Crippen LogP contribution in [0.15, 0.2) is 30.3 Å². The number of hydrogen-bond acceptors (Lipinski definition) is 3. The smallest absolute Gasteiger partial charge is 0.226 e. The molecule has 31 heavy (non-hydrogen) atoms. The standard InChI is InChI=1S/C27H38N2O2/c1-2-31-19-25-12-20-13-26(16-25,22-6-4-3-5-7-22)18-27(14-20,17-25)24(30)28-23-15-29-10-8-21(23)9-11-29/h3-7,20-21,23H,2,8-19H2,1H3,(H,28,30)/t20?,23-,25+,26-,27?/m0/s1. The van der Waals surface area contributed by atoms with Gasteiger partial charge in [-0.2, -0.15) is 0 Å². The van der Waals surface area contributed by atoms with Crippen molar-refractivity contribution in [2.75, 3.05) is 32.8 Å². The van der Waals surface area contributed by atoms with E-state index in [4.69, 9.17) is 4.74 Å². The van der Waals surface area contributed by atoms with E-state index in [1.54, 1.807) is 0 Å². The minimum Gasteiger partial charge on any atom is -0.381 e. The number of rotatable bonds is 6. The molecule has 3 aliphatic heterocycles. The molecule has 3 heterocycles. The summed E-state index contributed by atoms with van der Waals surface area (Å²) in [5.74, 6) is 1.70. The van der Waals surface area contributed by atoms with Gasteiger partial charge in [0.25, 0.3) is 0 Å². The van der Waals surface area contributed by atoms with Crippen LogP contribution in [0.1, 0.15) is 63.9 Å². The molecule has 8 rings (SSSR count). The Morgan fingerprint density at radius 3 is 2.61 bits per heavy atom. The highest BCUT2D eigenvalue weighted by molar-refractivity contribution is 5.84. The highest BCUT2D eigenvalue weighted by Gasteiger charge is 2.66. The van der Waals surface area contributed by atoms with Gasteiger partial charge in [0.15, 0.2) is 0 Å². The van der Waals surface area contributed by atoms with Crippen LogP contribution in [-0.2, 0) is 14.9 Å². The van der Waals surface area contributed by atoms with Crippen LogP contribution in [0.4, 0.5) is 0 Å². The van der Waals surface area contributed by atoms with Crippen LogP contribution in [0.3, 0.4) is 0 Å². The zero-order chi connectivity index (χ0) is 21.1. The van der Waals surface area contributed by atoms with Crippen molar-refractivity contribution in [3.63, 3.8) is 0 Å². The van der Waals surface area contributed by atoms with Crippen molar-refractivity contribution in [3.05, 3.63) is 35.9 Å². The lowest BCUT2D eigenvalue weighted by Crippen LogP contribution is -2.66. The van der Waals surface area contributed by atoms with Crippen molar-refractivity contribution in [1.82, 2.24) is 10.2 Å². The lowest BCUT2D eigenvalue weighted by Gasteiger charge is -2.66. The fourth-order valence-corrected chi connectivity index (χ4v) is 8.93. The maximum absolute atomic E-state index is 14.1. The third-order valence-corrected chi connectivity index (χ3v) is 9.64. The Bertz CT molecular complexity index is 835. The van der Waals surface area contributed by atoms with Crippen LogP contribution in [0.2, 0.25) is 0 Å². The summed E-state index contributed by atoms with van der Waals surface area (Å²) >= 11 is 0. The average Bonchev–Trinajstić information content (AvgIpc) is 2.78. The molecule has 6 bridgehead atoms. The van der Waals surface area contributed by atoms with Crippen molar-refractivity contribution in [1.29, 1.82) is 0 Å². The van der Waals surface area contributed by atoms with E-state index in [1.165, 1.54) is 50.8 Å². The number of carbonyl (C=O) groups is 1. The van der Waals surface area contributed by atoms with Crippen LogP contribution >= 0.6 is 0 Å². The fraction of sp³-hybridized carbons (Fsp3) is 0.741. The number of nitrogens with one attached hydrogen (secondary N) is 1. The first-order chi connectivity index (χ1) is 15.0. The Hall–Kier alpha value is -1.39. The van der Waals surface area contributed by atoms with Gasteiger partial charge in [-0.3, -0.25) is 4.79 Å². The van der Waals surface area contributed by atoms with Gasteiger partial charge in [0.1, 0.15) is 0 Å². The van der Waals surface area contributed by atoms with E-state index in [2.05, 4.69) is 47.5 Å². The zero-order valence-electron chi connectivity index (χ0n) is 19.1. The summed E-state index contributed by atoms with van der Waals surface area (Å²) in [6, 6.07) is 11.5. The summed E-state index contributed by atoms with van der Waals surface area (Å²) in [5.41, 5.74) is 1.56. The second kappa shape index (κ2) is 7.31. The SMILES string of the molecule is CCOC[C@@]12CC3CC(C(=O)N[C@H]4CN5CCC4CC5)(C1)C[C@](c1ccccc1)(C3)C2. The van der Waals surface area contributed by atoms with Gasteiger partial charge in [0.05, 0.1) is 12.0 Å². The van der Waals surface area contributed by atoms with Crippen molar-refractivity contribution >= 4 is 5.91 Å². The number of carbonyl (C=O) groups excluding carboxylic acids is 1. The molecule has 5 atom stereocenters. The first kappa shape index (κ1) is 20.2. The van der Waals surface area contributed by atoms with Crippen LogP contribution in [-0.4, -0.2) is 49.7 Å². The summed E-state index contributed by atoms with van der Waals surface area (Å²) in [7, 11) is 0. The second-order valence-corrected chi connectivity index (χ2v) is 11.8. The quantitative estimate of drug-likeness (QED) is 0.749. The van der Waals surface area contributed by atoms with E-state index in [-0.39, 0.29) is 16.2 Å². The van der Waals surface area contributed by atoms with Gasteiger partial charge in [-0.25, -0.2) is 0 Å². The summed E-state index contributed by atoms with van der Waals surface area (Å²) < 4.78 is 6.08. The lowest BCUT2D eigenvalue weighted by atomic mass is 9.38. The maximum atomic E-state index is 14.1. The van der Waals surface area contributed by atoms with E-state index in [0.717, 1.165) is 39.0 Å². The molecule has 1 N–H and O–H groups in total. The Morgan fingerprint density at radius 1 is 1.10 bits per heavy atom. The van der Waals surface area contributed by atoms with Crippen LogP contribution in [0.25, 0.3) is 0 Å². The minimum atomic E-state index is -0.210. The molecule has 4 aliphatic carbocycles. The van der Waals surface area contributed by atoms with Crippen molar-refractivity contribution in [2.45, 2.75) is 69.7 Å². The maximum Gasteiger partial charge on any atom is 0.226 e. The predicted octanol–water partition coefficient (Wildman–Crippen LogP) is 4.14. The number of fused-ring (bicyclic) bond motifs is 3. The lowest BCUT2D eigenvalue weighted by molar-refractivity contribution is -0.173. The minimum absolute atomic E-state index is 0.143. The molecule has 1 aromatic rings. The molecule has 7 fully saturated rings. The van der Waals surface area contributed by atoms with Crippen LogP contribution in [0, 0.1) is 22.7 Å². The molecule has 4 heteroatoms. The van der Waals surface area contributed by atoms with E-state index >= 15 is 0 Å². The molecule has 2 unspecified atom stereocenters. The van der Waals surface area contributed by atoms with Gasteiger partial charge in [-0.1, -0.05) is 30.3 Å². The number of hydrogen-bond donors (Lipinski definition) is 1. The zero-order valence-corrected chi connectivity index (χ0v) is 19.1. The second-order valence-electron chi connectivity index (χ2n) is 11.8. The van der Waals surface area contributed by atoms with Crippen LogP contribution in [0.5, 0.6) is 0 Å². The largest absolute Gasteiger partial charge is 0.381 e. The van der Waals surface area contributed by atoms with Gasteiger partial charge in [0.2, 0.25) is 5.91 Å². The molecule has 3 saturated heterocycles. The first-order valence-electron chi connectivity index (χ1n) is 12.7. The third-order valence-electron chi connectivity index (χ3n) is 9.64. The molecule has 0 aromatic heterocycles. The summed E-state index contributed by atoms with van der Waals surface area (Å²) in [5, 5.41) is 3.63. The molecule has 0 radical (unpaired) electrons. The number of nitrogens with zero attached hydrogens (tertiary/aromatic N) is 1. The van der Waals surface area contributed by atoms with Crippen molar-refractivity contribution in [2.24, 2.45) is 22.7 Å². The van der Waals surface area contributed by atoms with Crippen molar-refractivity contribution in [3.8, 4) is 0 Å². The topological polar surface area (TPSA) is 41.6 Å². The summed E-state index contributed by atoms with van der Waals surface area (Å²) in [6.07, 6.45) is 9.33. The molecule has 7 aliphatic rings. The third kappa shape index (κ3) is 3.28. The summed E-state index contributed by atoms with van der Waals surface area (Å²) in [4.78, 5) is 16.6. The van der Waals surface area contributed by atoms with Gasteiger partial charge >= 0.3 is 0 Å². The van der Waals surface area contributed by atoms with E-state index in [0.29, 0.717) is 23.8 Å². The normalized spacial score (nSPS) is 45.1. The van der Waals surface area contributed by atoms with E-state index < -0.39 is 0 Å². The molecule has 168 valence electrons. The first-order valence-corrected chi connectivity index (χ1v) is 12.7. The van der Waals surface area contributed by atoms with Crippen molar-refractivity contribution < 1.29 is 9.53 Å². The average molecular weight is 423 g/mol. The Kier molecular flexibility index (Phi) is 4.77. The number of ether oxygens (including phenoxy) is 1. The van der Waals surface area contributed by atoms with E-state index in [1.807, 2.05) is 0 Å². The molecule has 0 spiro atoms. The Labute approximate surface area is 187 Å². The molecule has 4 saturated carbocycles. The molecule has 1 amide bonds. The van der Waals surface area contributed by atoms with Gasteiger partial charge in [0, 0.05) is 19.2 Å². The van der Waals surface area contributed by atoms with Gasteiger partial charge < -0.3 is 15.0 Å². The molecule has 1 aromatic carbocycles. The number of piperidine rings is 3. The highest BCUT2D eigenvalue weighted by Crippen LogP contribution is 2.70. The van der Waals surface area contributed by atoms with Crippen LogP contribution < -0.4 is 5.32 Å². The predicted molar refractivity (Wildman–Crippen MR) is 122 cm³/mol. The van der Waals surface area contributed by atoms with Gasteiger partial charge in [-0.05, 0) is 99.6 Å².